The van der Waals surface area contributed by atoms with Crippen LogP contribution in [0, 0.1) is 6.92 Å². The number of aromatic amines is 1. The average molecular weight is 419 g/mol. The van der Waals surface area contributed by atoms with E-state index in [1.54, 1.807) is 19.4 Å². The van der Waals surface area contributed by atoms with E-state index in [4.69, 9.17) is 25.6 Å². The zero-order valence-electron chi connectivity index (χ0n) is 15.9. The van der Waals surface area contributed by atoms with Gasteiger partial charge in [-0.1, -0.05) is 16.8 Å². The van der Waals surface area contributed by atoms with Gasteiger partial charge in [0.2, 0.25) is 5.88 Å². The van der Waals surface area contributed by atoms with Gasteiger partial charge in [0.15, 0.2) is 0 Å². The van der Waals surface area contributed by atoms with Crippen molar-refractivity contribution in [2.45, 2.75) is 26.1 Å². The highest BCUT2D eigenvalue weighted by atomic mass is 35.5. The fraction of sp³-hybridized carbons (Fsp3) is 0.389. The molecule has 1 aliphatic heterocycles. The van der Waals surface area contributed by atoms with Crippen LogP contribution in [0.2, 0.25) is 5.02 Å². The van der Waals surface area contributed by atoms with Crippen LogP contribution in [0.5, 0.6) is 5.88 Å². The number of methoxy groups -OCH3 is 1. The Labute approximate surface area is 170 Å². The van der Waals surface area contributed by atoms with Crippen molar-refractivity contribution in [1.82, 2.24) is 25.3 Å². The number of aromatic nitrogens is 5. The maximum absolute atomic E-state index is 11.7. The van der Waals surface area contributed by atoms with Crippen LogP contribution >= 0.6 is 11.6 Å². The standard InChI is InChI=1S/C18H19ClN6O4/c1-10-16(13(8-27-2)24-29-10)12-5-15(21-9-20-12)28-11-3-4-25(7-11)14-6-22-23-18(26)17(14)19/h5-6,9,11H,3-4,7-8H2,1-2H3,(H,23,26)/t11-/m1/s1. The molecule has 152 valence electrons. The Morgan fingerprint density at radius 1 is 1.41 bits per heavy atom. The van der Waals surface area contributed by atoms with E-state index >= 15 is 0 Å². The Kier molecular flexibility index (Phi) is 5.45. The molecule has 0 bridgehead atoms. The van der Waals surface area contributed by atoms with E-state index in [-0.39, 0.29) is 11.1 Å². The van der Waals surface area contributed by atoms with Crippen molar-refractivity contribution >= 4 is 17.3 Å². The lowest BCUT2D eigenvalue weighted by Gasteiger charge is -2.19. The zero-order chi connectivity index (χ0) is 20.4. The lowest BCUT2D eigenvalue weighted by atomic mass is 10.1. The van der Waals surface area contributed by atoms with Crippen LogP contribution in [-0.4, -0.2) is 51.6 Å². The number of hydrogen-bond acceptors (Lipinski definition) is 9. The van der Waals surface area contributed by atoms with E-state index in [9.17, 15) is 4.79 Å². The van der Waals surface area contributed by atoms with Gasteiger partial charge in [-0.15, -0.1) is 0 Å². The van der Waals surface area contributed by atoms with Crippen molar-refractivity contribution in [3.05, 3.63) is 45.4 Å². The van der Waals surface area contributed by atoms with Gasteiger partial charge in [-0.2, -0.15) is 5.10 Å². The second-order valence-electron chi connectivity index (χ2n) is 6.61. The van der Waals surface area contributed by atoms with Crippen molar-refractivity contribution in [3.8, 4) is 17.1 Å². The topological polar surface area (TPSA) is 119 Å². The van der Waals surface area contributed by atoms with E-state index in [0.717, 1.165) is 12.0 Å². The summed E-state index contributed by atoms with van der Waals surface area (Å²) in [5.74, 6) is 1.09. The molecule has 0 aromatic carbocycles. The molecule has 3 aromatic rings. The first-order valence-corrected chi connectivity index (χ1v) is 9.36. The first-order chi connectivity index (χ1) is 14.1. The third-order valence-electron chi connectivity index (χ3n) is 4.66. The molecule has 1 N–H and O–H groups in total. The zero-order valence-corrected chi connectivity index (χ0v) is 16.6. The molecule has 0 unspecified atom stereocenters. The molecule has 0 aliphatic carbocycles. The van der Waals surface area contributed by atoms with E-state index in [1.165, 1.54) is 6.33 Å². The number of halogens is 1. The molecule has 1 aliphatic rings. The summed E-state index contributed by atoms with van der Waals surface area (Å²) in [6, 6.07) is 1.75. The number of anilines is 1. The summed E-state index contributed by atoms with van der Waals surface area (Å²) in [5, 5.41) is 10.3. The summed E-state index contributed by atoms with van der Waals surface area (Å²) < 4.78 is 16.5. The van der Waals surface area contributed by atoms with Crippen LogP contribution in [0.1, 0.15) is 17.9 Å². The monoisotopic (exact) mass is 418 g/mol. The first kappa shape index (κ1) is 19.3. The van der Waals surface area contributed by atoms with Gasteiger partial charge in [-0.25, -0.2) is 15.1 Å². The summed E-state index contributed by atoms with van der Waals surface area (Å²) in [6.07, 6.45) is 3.62. The van der Waals surface area contributed by atoms with E-state index in [0.29, 0.717) is 48.4 Å². The Morgan fingerprint density at radius 2 is 2.28 bits per heavy atom. The van der Waals surface area contributed by atoms with Crippen molar-refractivity contribution in [2.75, 3.05) is 25.1 Å². The highest BCUT2D eigenvalue weighted by molar-refractivity contribution is 6.33. The summed E-state index contributed by atoms with van der Waals surface area (Å²) >= 11 is 6.10. The normalized spacial score (nSPS) is 16.4. The van der Waals surface area contributed by atoms with Crippen molar-refractivity contribution < 1.29 is 14.0 Å². The number of H-pyrrole nitrogens is 1. The van der Waals surface area contributed by atoms with Crippen molar-refractivity contribution in [2.24, 2.45) is 0 Å². The van der Waals surface area contributed by atoms with Gasteiger partial charge in [-0.3, -0.25) is 4.79 Å². The quantitative estimate of drug-likeness (QED) is 0.640. The third kappa shape index (κ3) is 3.94. The molecule has 1 saturated heterocycles. The van der Waals surface area contributed by atoms with Crippen LogP contribution in [0.15, 0.2) is 27.9 Å². The van der Waals surface area contributed by atoms with Crippen LogP contribution in [0.3, 0.4) is 0 Å². The molecule has 1 atom stereocenters. The van der Waals surface area contributed by atoms with Gasteiger partial charge in [-0.05, 0) is 6.92 Å². The molecule has 29 heavy (non-hydrogen) atoms. The molecular weight excluding hydrogens is 400 g/mol. The van der Waals surface area contributed by atoms with E-state index in [1.807, 2.05) is 11.8 Å². The SMILES string of the molecule is COCc1noc(C)c1-c1cc(O[C@@H]2CCN(c3cn[nH]c(=O)c3Cl)C2)ncn1. The molecule has 0 saturated carbocycles. The van der Waals surface area contributed by atoms with Crippen LogP contribution in [0.25, 0.3) is 11.3 Å². The molecule has 0 amide bonds. The third-order valence-corrected chi connectivity index (χ3v) is 5.03. The van der Waals surface area contributed by atoms with Gasteiger partial charge < -0.3 is 18.9 Å². The van der Waals surface area contributed by atoms with E-state index < -0.39 is 5.56 Å². The predicted octanol–water partition coefficient (Wildman–Crippen LogP) is 1.98. The van der Waals surface area contributed by atoms with Crippen LogP contribution in [0.4, 0.5) is 5.69 Å². The smallest absolute Gasteiger partial charge is 0.285 e. The average Bonchev–Trinajstić information content (AvgIpc) is 3.31. The molecule has 11 heteroatoms. The van der Waals surface area contributed by atoms with E-state index in [2.05, 4.69) is 25.3 Å². The fourth-order valence-corrected chi connectivity index (χ4v) is 3.54. The summed E-state index contributed by atoms with van der Waals surface area (Å²) in [7, 11) is 1.59. The second-order valence-corrected chi connectivity index (χ2v) is 6.99. The minimum absolute atomic E-state index is 0.116. The number of rotatable bonds is 6. The van der Waals surface area contributed by atoms with Crippen molar-refractivity contribution in [3.63, 3.8) is 0 Å². The van der Waals surface area contributed by atoms with Gasteiger partial charge in [0.25, 0.3) is 5.56 Å². The number of aryl methyl sites for hydroxylation is 1. The molecule has 3 aromatic heterocycles. The van der Waals surface area contributed by atoms with Gasteiger partial charge in [0, 0.05) is 26.1 Å². The molecule has 0 spiro atoms. The summed E-state index contributed by atoms with van der Waals surface area (Å²) in [4.78, 5) is 22.2. The number of hydrogen-bond donors (Lipinski definition) is 1. The molecule has 4 rings (SSSR count). The molecule has 0 radical (unpaired) electrons. The van der Waals surface area contributed by atoms with Crippen LogP contribution < -0.4 is 15.2 Å². The predicted molar refractivity (Wildman–Crippen MR) is 104 cm³/mol. The fourth-order valence-electron chi connectivity index (χ4n) is 3.33. The highest BCUT2D eigenvalue weighted by Crippen LogP contribution is 2.29. The highest BCUT2D eigenvalue weighted by Gasteiger charge is 2.27. The number of nitrogens with one attached hydrogen (secondary N) is 1. The van der Waals surface area contributed by atoms with Gasteiger partial charge in [0.1, 0.15) is 28.9 Å². The second kappa shape index (κ2) is 8.18. The van der Waals surface area contributed by atoms with Gasteiger partial charge >= 0.3 is 0 Å². The molecule has 1 fully saturated rings. The molecule has 10 nitrogen and oxygen atoms in total. The minimum atomic E-state index is -0.412. The molecular formula is C18H19ClN6O4. The Hall–Kier alpha value is -2.98. The number of ether oxygens (including phenoxy) is 2. The Balaban J connectivity index is 1.50. The maximum atomic E-state index is 11.7. The largest absolute Gasteiger partial charge is 0.472 e. The summed E-state index contributed by atoms with van der Waals surface area (Å²) in [6.45, 7) is 3.38. The minimum Gasteiger partial charge on any atom is -0.472 e. The Morgan fingerprint density at radius 3 is 3.10 bits per heavy atom. The Bertz CT molecular complexity index is 1070. The summed E-state index contributed by atoms with van der Waals surface area (Å²) in [5.41, 5.74) is 2.27. The number of nitrogens with zero attached hydrogens (tertiary/aromatic N) is 5. The van der Waals surface area contributed by atoms with Crippen LogP contribution in [-0.2, 0) is 11.3 Å². The molecule has 4 heterocycles. The van der Waals surface area contributed by atoms with Gasteiger partial charge in [0.05, 0.1) is 36.3 Å². The maximum Gasteiger partial charge on any atom is 0.285 e. The first-order valence-electron chi connectivity index (χ1n) is 8.98. The lowest BCUT2D eigenvalue weighted by Crippen LogP contribution is -2.26. The van der Waals surface area contributed by atoms with Crippen molar-refractivity contribution in [1.29, 1.82) is 0 Å². The lowest BCUT2D eigenvalue weighted by molar-refractivity contribution is 0.177.